The molecule has 22 heavy (non-hydrogen) atoms. The van der Waals surface area contributed by atoms with Crippen molar-refractivity contribution in [1.29, 1.82) is 0 Å². The molecule has 0 bridgehead atoms. The Kier molecular flexibility index (Phi) is 3.02. The molecule has 0 amide bonds. The number of fused-ring (bicyclic) bond motifs is 5. The van der Waals surface area contributed by atoms with Gasteiger partial charge in [-0.2, -0.15) is 0 Å². The third kappa shape index (κ3) is 1.80. The monoisotopic (exact) mass is 361 g/mol. The van der Waals surface area contributed by atoms with Crippen molar-refractivity contribution in [2.75, 3.05) is 7.11 Å². The number of aliphatic hydroxyl groups excluding tert-OH is 1. The van der Waals surface area contributed by atoms with Crippen LogP contribution in [0, 0.1) is 0 Å². The number of nitrogens with zero attached hydrogens (tertiary/aromatic N) is 5. The number of aromatic nitrogens is 5. The fourth-order valence-electron chi connectivity index (χ4n) is 2.70. The fourth-order valence-corrected chi connectivity index (χ4v) is 3.11. The summed E-state index contributed by atoms with van der Waals surface area (Å²) in [6, 6.07) is 5.78. The highest BCUT2D eigenvalue weighted by Crippen LogP contribution is 2.35. The summed E-state index contributed by atoms with van der Waals surface area (Å²) in [5.74, 6) is 1.96. The van der Waals surface area contributed by atoms with E-state index in [9.17, 15) is 5.11 Å². The first-order valence-corrected chi connectivity index (χ1v) is 7.45. The van der Waals surface area contributed by atoms with Gasteiger partial charge in [0.25, 0.3) is 0 Å². The van der Waals surface area contributed by atoms with Gasteiger partial charge in [0, 0.05) is 5.56 Å². The molecule has 0 saturated carbocycles. The van der Waals surface area contributed by atoms with Crippen molar-refractivity contribution in [3.05, 3.63) is 40.6 Å². The number of aliphatic hydroxyl groups is 1. The topological polar surface area (TPSA) is 78.0 Å². The lowest BCUT2D eigenvalue weighted by Crippen LogP contribution is -2.07. The van der Waals surface area contributed by atoms with E-state index < -0.39 is 0 Å². The normalized spacial score (nSPS) is 12.3. The van der Waals surface area contributed by atoms with Gasteiger partial charge in [0.2, 0.25) is 0 Å². The largest absolute Gasteiger partial charge is 0.497 e. The lowest BCUT2D eigenvalue weighted by atomic mass is 10.1. The molecule has 1 aliphatic rings. The minimum atomic E-state index is -0.169. The standard InChI is InChI=1S/C14H12BrN5O2/c1-22-8-2-3-10-9(4-8)14-18-17-12(6-21)19(14)5-11-13(15)16-7-20(10)11/h2-4,7,21H,5-6H2,1H3. The number of imidazole rings is 1. The van der Waals surface area contributed by atoms with E-state index in [-0.39, 0.29) is 6.61 Å². The Morgan fingerprint density at radius 2 is 2.23 bits per heavy atom. The Morgan fingerprint density at radius 3 is 3.00 bits per heavy atom. The molecular formula is C14H12BrN5O2. The molecule has 4 rings (SSSR count). The smallest absolute Gasteiger partial charge is 0.166 e. The summed E-state index contributed by atoms with van der Waals surface area (Å²) in [6.45, 7) is 0.355. The molecular weight excluding hydrogens is 350 g/mol. The van der Waals surface area contributed by atoms with Crippen LogP contribution in [0.3, 0.4) is 0 Å². The molecule has 0 unspecified atom stereocenters. The third-order valence-electron chi connectivity index (χ3n) is 3.80. The van der Waals surface area contributed by atoms with Crippen LogP contribution in [0.1, 0.15) is 11.5 Å². The van der Waals surface area contributed by atoms with Crippen molar-refractivity contribution in [1.82, 2.24) is 24.3 Å². The Morgan fingerprint density at radius 1 is 1.36 bits per heavy atom. The fraction of sp³-hybridized carbons (Fsp3) is 0.214. The van der Waals surface area contributed by atoms with Gasteiger partial charge in [-0.25, -0.2) is 4.98 Å². The summed E-state index contributed by atoms with van der Waals surface area (Å²) in [5, 5.41) is 17.8. The Hall–Kier alpha value is -2.19. The van der Waals surface area contributed by atoms with Crippen LogP contribution in [0.5, 0.6) is 5.75 Å². The van der Waals surface area contributed by atoms with Crippen LogP contribution in [0.4, 0.5) is 0 Å². The SMILES string of the molecule is COc1ccc2c(c1)-c1nnc(CO)n1Cc1c(Br)ncn1-2. The molecule has 1 aliphatic heterocycles. The molecule has 2 aromatic heterocycles. The molecule has 1 aromatic carbocycles. The second-order valence-corrected chi connectivity index (χ2v) is 5.67. The zero-order chi connectivity index (χ0) is 15.3. The van der Waals surface area contributed by atoms with Crippen LogP contribution in [-0.2, 0) is 13.2 Å². The lowest BCUT2D eigenvalue weighted by Gasteiger charge is -2.09. The molecule has 0 radical (unpaired) electrons. The molecule has 7 nitrogen and oxygen atoms in total. The van der Waals surface area contributed by atoms with Crippen molar-refractivity contribution in [2.24, 2.45) is 0 Å². The van der Waals surface area contributed by atoms with Crippen molar-refractivity contribution >= 4 is 15.9 Å². The molecule has 3 heterocycles. The van der Waals surface area contributed by atoms with Gasteiger partial charge in [-0.1, -0.05) is 0 Å². The van der Waals surface area contributed by atoms with Gasteiger partial charge in [0.15, 0.2) is 11.6 Å². The molecule has 0 atom stereocenters. The first-order valence-electron chi connectivity index (χ1n) is 6.66. The second-order valence-electron chi connectivity index (χ2n) is 4.92. The van der Waals surface area contributed by atoms with Crippen LogP contribution in [0.15, 0.2) is 29.1 Å². The van der Waals surface area contributed by atoms with E-state index in [1.807, 2.05) is 27.3 Å². The number of ether oxygens (including phenoxy) is 1. The summed E-state index contributed by atoms with van der Waals surface area (Å²) >= 11 is 3.48. The quantitative estimate of drug-likeness (QED) is 0.588. The van der Waals surface area contributed by atoms with E-state index in [4.69, 9.17) is 4.74 Å². The number of rotatable bonds is 2. The maximum atomic E-state index is 9.51. The van der Waals surface area contributed by atoms with E-state index in [2.05, 4.69) is 31.1 Å². The number of benzene rings is 1. The van der Waals surface area contributed by atoms with Crippen molar-refractivity contribution in [3.63, 3.8) is 0 Å². The molecule has 112 valence electrons. The number of halogens is 1. The summed E-state index contributed by atoms with van der Waals surface area (Å²) in [4.78, 5) is 4.33. The van der Waals surface area contributed by atoms with Gasteiger partial charge in [-0.3, -0.25) is 4.57 Å². The first kappa shape index (κ1) is 13.5. The van der Waals surface area contributed by atoms with Crippen LogP contribution in [-0.4, -0.2) is 36.5 Å². The van der Waals surface area contributed by atoms with Gasteiger partial charge in [0.05, 0.1) is 25.0 Å². The minimum Gasteiger partial charge on any atom is -0.497 e. The highest BCUT2D eigenvalue weighted by atomic mass is 79.9. The molecule has 3 aromatic rings. The van der Waals surface area contributed by atoms with Gasteiger partial charge in [-0.05, 0) is 34.1 Å². The number of methoxy groups -OCH3 is 1. The van der Waals surface area contributed by atoms with Gasteiger partial charge < -0.3 is 14.4 Å². The van der Waals surface area contributed by atoms with E-state index >= 15 is 0 Å². The molecule has 8 heteroatoms. The average molecular weight is 362 g/mol. The molecule has 0 spiro atoms. The van der Waals surface area contributed by atoms with Crippen LogP contribution in [0.2, 0.25) is 0 Å². The predicted octanol–water partition coefficient (Wildman–Crippen LogP) is 1.76. The maximum absolute atomic E-state index is 9.51. The van der Waals surface area contributed by atoms with Gasteiger partial charge in [0.1, 0.15) is 23.3 Å². The van der Waals surface area contributed by atoms with E-state index in [1.165, 1.54) is 0 Å². The van der Waals surface area contributed by atoms with Crippen molar-refractivity contribution in [2.45, 2.75) is 13.2 Å². The average Bonchev–Trinajstić information content (AvgIpc) is 3.08. The molecule has 0 aliphatic carbocycles. The predicted molar refractivity (Wildman–Crippen MR) is 81.9 cm³/mol. The highest BCUT2D eigenvalue weighted by Gasteiger charge is 2.25. The zero-order valence-electron chi connectivity index (χ0n) is 11.7. The summed E-state index contributed by atoms with van der Waals surface area (Å²) in [7, 11) is 1.63. The first-order chi connectivity index (χ1) is 10.7. The van der Waals surface area contributed by atoms with Crippen LogP contribution in [0.25, 0.3) is 17.1 Å². The summed E-state index contributed by atoms with van der Waals surface area (Å²) in [6.07, 6.45) is 1.77. The van der Waals surface area contributed by atoms with Gasteiger partial charge in [-0.15, -0.1) is 10.2 Å². The summed E-state index contributed by atoms with van der Waals surface area (Å²) in [5.41, 5.74) is 2.81. The Labute approximate surface area is 134 Å². The zero-order valence-corrected chi connectivity index (χ0v) is 13.3. The second kappa shape index (κ2) is 4.92. The molecule has 1 N–H and O–H groups in total. The van der Waals surface area contributed by atoms with E-state index in [0.29, 0.717) is 18.2 Å². The molecule has 0 fully saturated rings. The maximum Gasteiger partial charge on any atom is 0.166 e. The van der Waals surface area contributed by atoms with Gasteiger partial charge >= 0.3 is 0 Å². The minimum absolute atomic E-state index is 0.169. The van der Waals surface area contributed by atoms with Crippen LogP contribution < -0.4 is 4.74 Å². The number of hydrogen-bond acceptors (Lipinski definition) is 5. The number of hydrogen-bond donors (Lipinski definition) is 1. The van der Waals surface area contributed by atoms with Crippen molar-refractivity contribution < 1.29 is 9.84 Å². The highest BCUT2D eigenvalue weighted by molar-refractivity contribution is 9.10. The van der Waals surface area contributed by atoms with Crippen molar-refractivity contribution in [3.8, 4) is 22.8 Å². The Balaban J connectivity index is 2.07. The molecule has 0 saturated heterocycles. The summed E-state index contributed by atoms with van der Waals surface area (Å²) < 4.78 is 9.99. The lowest BCUT2D eigenvalue weighted by molar-refractivity contribution is 0.265. The third-order valence-corrected chi connectivity index (χ3v) is 4.46. The Bertz CT molecular complexity index is 870. The van der Waals surface area contributed by atoms with E-state index in [0.717, 1.165) is 27.3 Å². The van der Waals surface area contributed by atoms with Crippen LogP contribution >= 0.6 is 15.9 Å². The van der Waals surface area contributed by atoms with E-state index in [1.54, 1.807) is 13.4 Å².